The molecule has 0 radical (unpaired) electrons. The molecule has 1 saturated heterocycles. The molecule has 2 amide bonds. The lowest BCUT2D eigenvalue weighted by Crippen LogP contribution is -2.43. The van der Waals surface area contributed by atoms with Crippen LogP contribution in [0, 0.1) is 0 Å². The fourth-order valence-electron chi connectivity index (χ4n) is 1.73. The third kappa shape index (κ3) is 5.33. The zero-order valence-electron chi connectivity index (χ0n) is 9.78. The Balaban J connectivity index is 2.15. The monoisotopic (exact) mass is 242 g/mol. The van der Waals surface area contributed by atoms with Gasteiger partial charge in [-0.3, -0.25) is 14.4 Å². The van der Waals surface area contributed by atoms with Crippen LogP contribution in [0.3, 0.4) is 0 Å². The minimum absolute atomic E-state index is 0.0249. The second kappa shape index (κ2) is 6.88. The van der Waals surface area contributed by atoms with E-state index >= 15 is 0 Å². The third-order valence-corrected chi connectivity index (χ3v) is 2.65. The molecule has 0 unspecified atom stereocenters. The lowest BCUT2D eigenvalue weighted by atomic mass is 10.1. The SMILES string of the molecule is O=C(O)CCCNC(=O)CN1CCCCC1=O. The molecule has 6 heteroatoms. The van der Waals surface area contributed by atoms with E-state index in [0.29, 0.717) is 25.9 Å². The second-order valence-electron chi connectivity index (χ2n) is 4.12. The van der Waals surface area contributed by atoms with Gasteiger partial charge in [0.05, 0.1) is 6.54 Å². The highest BCUT2D eigenvalue weighted by molar-refractivity contribution is 5.85. The van der Waals surface area contributed by atoms with Crippen LogP contribution in [-0.2, 0) is 14.4 Å². The first-order valence-corrected chi connectivity index (χ1v) is 5.86. The van der Waals surface area contributed by atoms with Crippen molar-refractivity contribution in [3.8, 4) is 0 Å². The van der Waals surface area contributed by atoms with E-state index in [-0.39, 0.29) is 24.8 Å². The minimum atomic E-state index is -0.870. The Bertz CT molecular complexity index is 304. The molecule has 6 nitrogen and oxygen atoms in total. The number of aliphatic carboxylic acids is 1. The third-order valence-electron chi connectivity index (χ3n) is 2.65. The van der Waals surface area contributed by atoms with Crippen LogP contribution in [0.5, 0.6) is 0 Å². The fraction of sp³-hybridized carbons (Fsp3) is 0.727. The molecule has 0 spiro atoms. The zero-order chi connectivity index (χ0) is 12.7. The summed E-state index contributed by atoms with van der Waals surface area (Å²) in [6.45, 7) is 1.07. The predicted molar refractivity (Wildman–Crippen MR) is 60.3 cm³/mol. The van der Waals surface area contributed by atoms with E-state index in [2.05, 4.69) is 5.32 Å². The van der Waals surface area contributed by atoms with Crippen molar-refractivity contribution in [2.24, 2.45) is 0 Å². The number of nitrogens with one attached hydrogen (secondary N) is 1. The van der Waals surface area contributed by atoms with E-state index in [9.17, 15) is 14.4 Å². The van der Waals surface area contributed by atoms with Gasteiger partial charge in [0, 0.05) is 25.9 Å². The second-order valence-corrected chi connectivity index (χ2v) is 4.12. The molecule has 2 N–H and O–H groups in total. The van der Waals surface area contributed by atoms with Crippen LogP contribution >= 0.6 is 0 Å². The van der Waals surface area contributed by atoms with Gasteiger partial charge >= 0.3 is 5.97 Å². The number of carboxylic acid groups (broad SMARTS) is 1. The molecule has 96 valence electrons. The van der Waals surface area contributed by atoms with E-state index in [1.807, 2.05) is 0 Å². The van der Waals surface area contributed by atoms with Crippen molar-refractivity contribution in [3.63, 3.8) is 0 Å². The summed E-state index contributed by atoms with van der Waals surface area (Å²) in [5.41, 5.74) is 0. The number of likely N-dealkylation sites (tertiary alicyclic amines) is 1. The first-order chi connectivity index (χ1) is 8.09. The molecular weight excluding hydrogens is 224 g/mol. The topological polar surface area (TPSA) is 86.7 Å². The molecule has 0 aromatic heterocycles. The number of carboxylic acids is 1. The minimum Gasteiger partial charge on any atom is -0.481 e. The molecule has 0 bridgehead atoms. The van der Waals surface area contributed by atoms with Gasteiger partial charge in [-0.05, 0) is 19.3 Å². The number of rotatable bonds is 6. The summed E-state index contributed by atoms with van der Waals surface area (Å²) in [7, 11) is 0. The molecule has 0 aromatic carbocycles. The molecule has 0 atom stereocenters. The van der Waals surface area contributed by atoms with Crippen molar-refractivity contribution in [3.05, 3.63) is 0 Å². The fourth-order valence-corrected chi connectivity index (χ4v) is 1.73. The van der Waals surface area contributed by atoms with Gasteiger partial charge < -0.3 is 15.3 Å². The first kappa shape index (κ1) is 13.5. The van der Waals surface area contributed by atoms with Gasteiger partial charge in [-0.25, -0.2) is 0 Å². The lowest BCUT2D eigenvalue weighted by Gasteiger charge is -2.25. The van der Waals surface area contributed by atoms with E-state index < -0.39 is 5.97 Å². The molecular formula is C11H18N2O4. The molecule has 0 saturated carbocycles. The smallest absolute Gasteiger partial charge is 0.303 e. The highest BCUT2D eigenvalue weighted by atomic mass is 16.4. The summed E-state index contributed by atoms with van der Waals surface area (Å²) in [6, 6.07) is 0. The standard InChI is InChI=1S/C11H18N2O4/c14-9(12-6-3-5-11(16)17)8-13-7-2-1-4-10(13)15/h1-8H2,(H,12,14)(H,16,17). The molecule has 1 rings (SSSR count). The average Bonchev–Trinajstić information content (AvgIpc) is 2.27. The molecule has 0 aliphatic carbocycles. The van der Waals surface area contributed by atoms with Crippen molar-refractivity contribution in [2.75, 3.05) is 19.6 Å². The molecule has 17 heavy (non-hydrogen) atoms. The summed E-state index contributed by atoms with van der Waals surface area (Å²) in [4.78, 5) is 34.7. The lowest BCUT2D eigenvalue weighted by molar-refractivity contribution is -0.137. The van der Waals surface area contributed by atoms with Crippen molar-refractivity contribution < 1.29 is 19.5 Å². The Kier molecular flexibility index (Phi) is 5.45. The number of nitrogens with zero attached hydrogens (tertiary/aromatic N) is 1. The van der Waals surface area contributed by atoms with Gasteiger partial charge in [0.2, 0.25) is 11.8 Å². The Morgan fingerprint density at radius 3 is 2.76 bits per heavy atom. The van der Waals surface area contributed by atoms with Crippen molar-refractivity contribution in [1.82, 2.24) is 10.2 Å². The largest absolute Gasteiger partial charge is 0.481 e. The molecule has 1 heterocycles. The Labute approximate surface area is 100.0 Å². The summed E-state index contributed by atoms with van der Waals surface area (Å²) < 4.78 is 0. The normalized spacial score (nSPS) is 15.8. The summed E-state index contributed by atoms with van der Waals surface area (Å²) in [5, 5.41) is 11.0. The number of carbonyl (C=O) groups is 3. The maximum absolute atomic E-state index is 11.4. The van der Waals surface area contributed by atoms with Gasteiger partial charge in [0.25, 0.3) is 0 Å². The Hall–Kier alpha value is -1.59. The quantitative estimate of drug-likeness (QED) is 0.641. The number of piperidine rings is 1. The van der Waals surface area contributed by atoms with Crippen LogP contribution in [0.15, 0.2) is 0 Å². The van der Waals surface area contributed by atoms with Crippen LogP contribution in [0.4, 0.5) is 0 Å². The highest BCUT2D eigenvalue weighted by Crippen LogP contribution is 2.09. The van der Waals surface area contributed by atoms with Crippen molar-refractivity contribution >= 4 is 17.8 Å². The number of hydrogen-bond donors (Lipinski definition) is 2. The van der Waals surface area contributed by atoms with E-state index in [4.69, 9.17) is 5.11 Å². The summed E-state index contributed by atoms with van der Waals surface area (Å²) in [5.74, 6) is -1.06. The average molecular weight is 242 g/mol. The maximum atomic E-state index is 11.4. The van der Waals surface area contributed by atoms with Gasteiger partial charge in [-0.2, -0.15) is 0 Å². The van der Waals surface area contributed by atoms with Crippen LogP contribution in [0.2, 0.25) is 0 Å². The van der Waals surface area contributed by atoms with Crippen LogP contribution in [0.25, 0.3) is 0 Å². The van der Waals surface area contributed by atoms with Gasteiger partial charge in [0.1, 0.15) is 0 Å². The van der Waals surface area contributed by atoms with E-state index in [1.165, 1.54) is 0 Å². The predicted octanol–water partition coefficient (Wildman–Crippen LogP) is -0.0201. The van der Waals surface area contributed by atoms with E-state index in [0.717, 1.165) is 12.8 Å². The molecule has 1 aliphatic heterocycles. The highest BCUT2D eigenvalue weighted by Gasteiger charge is 2.19. The first-order valence-electron chi connectivity index (χ1n) is 5.86. The van der Waals surface area contributed by atoms with Gasteiger partial charge in [-0.15, -0.1) is 0 Å². The van der Waals surface area contributed by atoms with Crippen LogP contribution in [0.1, 0.15) is 32.1 Å². The van der Waals surface area contributed by atoms with Gasteiger partial charge in [0.15, 0.2) is 0 Å². The van der Waals surface area contributed by atoms with Crippen LogP contribution in [-0.4, -0.2) is 47.4 Å². The zero-order valence-corrected chi connectivity index (χ0v) is 9.78. The number of hydrogen-bond acceptors (Lipinski definition) is 3. The number of amides is 2. The van der Waals surface area contributed by atoms with Crippen LogP contribution < -0.4 is 5.32 Å². The molecule has 0 aromatic rings. The Morgan fingerprint density at radius 2 is 2.12 bits per heavy atom. The summed E-state index contributed by atoms with van der Waals surface area (Å²) >= 11 is 0. The van der Waals surface area contributed by atoms with Crippen molar-refractivity contribution in [1.29, 1.82) is 0 Å². The van der Waals surface area contributed by atoms with E-state index in [1.54, 1.807) is 4.90 Å². The van der Waals surface area contributed by atoms with Crippen molar-refractivity contribution in [2.45, 2.75) is 32.1 Å². The molecule has 1 fully saturated rings. The summed E-state index contributed by atoms with van der Waals surface area (Å²) in [6.07, 6.45) is 2.82. The Morgan fingerprint density at radius 1 is 1.35 bits per heavy atom. The van der Waals surface area contributed by atoms with Gasteiger partial charge in [-0.1, -0.05) is 0 Å². The maximum Gasteiger partial charge on any atom is 0.303 e. The number of carbonyl (C=O) groups excluding carboxylic acids is 2. The molecule has 1 aliphatic rings.